The van der Waals surface area contributed by atoms with Gasteiger partial charge in [-0.2, -0.15) is 0 Å². The molecule has 0 saturated heterocycles. The van der Waals surface area contributed by atoms with E-state index >= 15 is 0 Å². The largest absolute Gasteiger partial charge is 0.466 e. The van der Waals surface area contributed by atoms with Crippen molar-refractivity contribution in [3.63, 3.8) is 0 Å². The van der Waals surface area contributed by atoms with Gasteiger partial charge in [0.1, 0.15) is 0 Å². The second-order valence-electron chi connectivity index (χ2n) is 3.28. The highest BCUT2D eigenvalue weighted by molar-refractivity contribution is 9.10. The van der Waals surface area contributed by atoms with E-state index in [1.807, 2.05) is 0 Å². The molecule has 0 aliphatic heterocycles. The molecule has 6 heteroatoms. The number of rotatable bonds is 5. The van der Waals surface area contributed by atoms with E-state index in [2.05, 4.69) is 20.9 Å². The van der Waals surface area contributed by atoms with E-state index in [1.54, 1.807) is 19.2 Å². The van der Waals surface area contributed by atoms with Crippen LogP contribution in [0.1, 0.15) is 19.0 Å². The van der Waals surface area contributed by atoms with E-state index in [0.29, 0.717) is 22.9 Å². The zero-order chi connectivity index (χ0) is 12.8. The van der Waals surface area contributed by atoms with Crippen LogP contribution < -0.4 is 0 Å². The van der Waals surface area contributed by atoms with Gasteiger partial charge in [0, 0.05) is 22.0 Å². The Morgan fingerprint density at radius 1 is 1.65 bits per heavy atom. The van der Waals surface area contributed by atoms with Crippen molar-refractivity contribution in [3.8, 4) is 0 Å². The normalized spacial score (nSPS) is 10.1. The lowest BCUT2D eigenvalue weighted by Crippen LogP contribution is -2.12. The Morgan fingerprint density at radius 2 is 2.35 bits per heavy atom. The molecule has 3 nitrogen and oxygen atoms in total. The minimum atomic E-state index is -0.303. The number of carbonyl (C=O) groups is 1. The molecule has 0 amide bonds. The molecule has 0 aliphatic carbocycles. The van der Waals surface area contributed by atoms with Crippen LogP contribution in [0.5, 0.6) is 0 Å². The Balaban J connectivity index is 2.59. The van der Waals surface area contributed by atoms with Gasteiger partial charge in [-0.3, -0.25) is 9.78 Å². The summed E-state index contributed by atoms with van der Waals surface area (Å²) in [6, 6.07) is 1.75. The van der Waals surface area contributed by atoms with Crippen LogP contribution in [0.15, 0.2) is 16.7 Å². The van der Waals surface area contributed by atoms with Gasteiger partial charge in [-0.05, 0) is 28.9 Å². The molecule has 0 spiro atoms. The number of hydrogen-bond donors (Lipinski definition) is 0. The second kappa shape index (κ2) is 7.03. The minimum Gasteiger partial charge on any atom is -0.466 e. The summed E-state index contributed by atoms with van der Waals surface area (Å²) in [4.78, 5) is 16.0. The topological polar surface area (TPSA) is 39.2 Å². The molecule has 1 heterocycles. The highest BCUT2D eigenvalue weighted by Crippen LogP contribution is 2.20. The fourth-order valence-electron chi connectivity index (χ4n) is 1.20. The summed E-state index contributed by atoms with van der Waals surface area (Å²) in [5.74, 6) is -0.303. The predicted molar refractivity (Wildman–Crippen MR) is 74.5 cm³/mol. The van der Waals surface area contributed by atoms with Crippen LogP contribution in [0.25, 0.3) is 0 Å². The molecule has 1 aromatic heterocycles. The zero-order valence-corrected chi connectivity index (χ0v) is 12.4. The number of hydrogen-bond acceptors (Lipinski definition) is 4. The number of carbonyl (C=O) groups excluding carboxylic acids is 1. The highest BCUT2D eigenvalue weighted by atomic mass is 79.9. The molecule has 0 saturated carbocycles. The van der Waals surface area contributed by atoms with Gasteiger partial charge in [-0.1, -0.05) is 23.8 Å². The predicted octanol–water partition coefficient (Wildman–Crippen LogP) is 3.36. The molecule has 0 radical (unpaired) electrons. The summed E-state index contributed by atoms with van der Waals surface area (Å²) < 4.78 is 5.61. The number of nitrogens with zero attached hydrogens (tertiary/aromatic N) is 1. The van der Waals surface area contributed by atoms with Crippen LogP contribution in [0.2, 0.25) is 5.02 Å². The molecule has 0 unspecified atom stereocenters. The lowest BCUT2D eigenvalue weighted by molar-refractivity contribution is -0.141. The summed E-state index contributed by atoms with van der Waals surface area (Å²) in [6.45, 7) is 2.13. The van der Waals surface area contributed by atoms with Crippen molar-refractivity contribution in [1.29, 1.82) is 0 Å². The molecular formula is C11H11BrClNO2S. The van der Waals surface area contributed by atoms with Gasteiger partial charge in [0.25, 0.3) is 0 Å². The van der Waals surface area contributed by atoms with Crippen molar-refractivity contribution in [2.45, 2.75) is 19.8 Å². The molecule has 0 aliphatic rings. The van der Waals surface area contributed by atoms with Gasteiger partial charge >= 0.3 is 5.97 Å². The Bertz CT molecular complexity index is 439. The van der Waals surface area contributed by atoms with Crippen LogP contribution >= 0.6 is 39.7 Å². The summed E-state index contributed by atoms with van der Waals surface area (Å²) in [6.07, 6.45) is 2.14. The number of halogens is 2. The quantitative estimate of drug-likeness (QED) is 0.610. The van der Waals surface area contributed by atoms with Gasteiger partial charge < -0.3 is 4.74 Å². The first kappa shape index (κ1) is 14.5. The van der Waals surface area contributed by atoms with Gasteiger partial charge in [0.2, 0.25) is 0 Å². The van der Waals surface area contributed by atoms with E-state index < -0.39 is 0 Å². The monoisotopic (exact) mass is 335 g/mol. The SMILES string of the molecule is CCOC(=O)CC(=S)Cc1ncc(Cl)cc1Br. The lowest BCUT2D eigenvalue weighted by atomic mass is 10.2. The van der Waals surface area contributed by atoms with Gasteiger partial charge in [0.15, 0.2) is 0 Å². The molecule has 0 bridgehead atoms. The fraction of sp³-hybridized carbons (Fsp3) is 0.364. The van der Waals surface area contributed by atoms with Gasteiger partial charge in [-0.25, -0.2) is 0 Å². The molecule has 0 fully saturated rings. The first-order chi connectivity index (χ1) is 8.02. The van der Waals surface area contributed by atoms with Gasteiger partial charge in [-0.15, -0.1) is 0 Å². The van der Waals surface area contributed by atoms with Crippen molar-refractivity contribution in [3.05, 3.63) is 27.5 Å². The standard InChI is InChI=1S/C11H11BrClNO2S/c1-2-16-11(15)5-8(17)4-10-9(12)3-7(13)6-14-10/h3,6H,2,4-5H2,1H3. The molecule has 0 N–H and O–H groups in total. The van der Waals surface area contributed by atoms with Crippen molar-refractivity contribution in [2.75, 3.05) is 6.61 Å². The summed E-state index contributed by atoms with van der Waals surface area (Å²) in [5, 5.41) is 0.553. The average molecular weight is 337 g/mol. The van der Waals surface area contributed by atoms with E-state index in [9.17, 15) is 4.79 Å². The van der Waals surface area contributed by atoms with E-state index in [-0.39, 0.29) is 12.4 Å². The van der Waals surface area contributed by atoms with Crippen LogP contribution in [0.3, 0.4) is 0 Å². The summed E-state index contributed by atoms with van der Waals surface area (Å²) in [5.41, 5.74) is 0.767. The van der Waals surface area contributed by atoms with Crippen molar-refractivity contribution >= 4 is 50.6 Å². The van der Waals surface area contributed by atoms with Gasteiger partial charge in [0.05, 0.1) is 23.7 Å². The fourth-order valence-corrected chi connectivity index (χ4v) is 2.23. The maximum atomic E-state index is 11.2. The third kappa shape index (κ3) is 5.10. The average Bonchev–Trinajstić information content (AvgIpc) is 2.22. The summed E-state index contributed by atoms with van der Waals surface area (Å²) >= 11 is 14.3. The number of thiocarbonyl (C=S) groups is 1. The van der Waals surface area contributed by atoms with Crippen molar-refractivity contribution in [2.24, 2.45) is 0 Å². The molecule has 1 aromatic rings. The number of aromatic nitrogens is 1. The van der Waals surface area contributed by atoms with Crippen LogP contribution in [-0.2, 0) is 16.0 Å². The Kier molecular flexibility index (Phi) is 6.02. The first-order valence-electron chi connectivity index (χ1n) is 5.00. The minimum absolute atomic E-state index is 0.139. The Hall–Kier alpha value is -0.520. The van der Waals surface area contributed by atoms with E-state index in [0.717, 1.165) is 10.2 Å². The Morgan fingerprint density at radius 3 is 2.94 bits per heavy atom. The molecule has 0 aromatic carbocycles. The molecule has 1 rings (SSSR count). The first-order valence-corrected chi connectivity index (χ1v) is 6.58. The third-order valence-corrected chi connectivity index (χ3v) is 3.08. The van der Waals surface area contributed by atoms with Crippen molar-refractivity contribution in [1.82, 2.24) is 4.98 Å². The zero-order valence-electron chi connectivity index (χ0n) is 9.20. The number of ether oxygens (including phenoxy) is 1. The van der Waals surface area contributed by atoms with Crippen LogP contribution in [0, 0.1) is 0 Å². The molecule has 92 valence electrons. The lowest BCUT2D eigenvalue weighted by Gasteiger charge is -2.05. The Labute approximate surface area is 119 Å². The smallest absolute Gasteiger partial charge is 0.310 e. The van der Waals surface area contributed by atoms with Crippen molar-refractivity contribution < 1.29 is 9.53 Å². The van der Waals surface area contributed by atoms with Crippen LogP contribution in [0.4, 0.5) is 0 Å². The molecule has 17 heavy (non-hydrogen) atoms. The van der Waals surface area contributed by atoms with Crippen LogP contribution in [-0.4, -0.2) is 22.4 Å². The van der Waals surface area contributed by atoms with E-state index in [1.165, 1.54) is 0 Å². The third-order valence-electron chi connectivity index (χ3n) is 1.90. The summed E-state index contributed by atoms with van der Waals surface area (Å²) in [7, 11) is 0. The number of esters is 1. The second-order valence-corrected chi connectivity index (χ2v) is 5.15. The maximum absolute atomic E-state index is 11.2. The van der Waals surface area contributed by atoms with E-state index in [4.69, 9.17) is 28.6 Å². The maximum Gasteiger partial charge on any atom is 0.310 e. The molecular weight excluding hydrogens is 326 g/mol. The highest BCUT2D eigenvalue weighted by Gasteiger charge is 2.10. The number of pyridine rings is 1. The molecule has 0 atom stereocenters.